The van der Waals surface area contributed by atoms with Crippen molar-refractivity contribution in [3.05, 3.63) is 16.0 Å². The third kappa shape index (κ3) is 4.06. The Kier molecular flexibility index (Phi) is 4.86. The summed E-state index contributed by atoms with van der Waals surface area (Å²) in [5, 5.41) is 21.6. The van der Waals surface area contributed by atoms with E-state index in [0.717, 1.165) is 10.4 Å². The highest BCUT2D eigenvalue weighted by molar-refractivity contribution is 7.16. The van der Waals surface area contributed by atoms with Gasteiger partial charge in [0.15, 0.2) is 0 Å². The molecule has 8 nitrogen and oxygen atoms in total. The number of nitrogens with one attached hydrogen (secondary N) is 1. The van der Waals surface area contributed by atoms with Gasteiger partial charge in [-0.05, 0) is 39.2 Å². The Morgan fingerprint density at radius 3 is 2.59 bits per heavy atom. The SMILES string of the molecule is CC(C)(C)OC(=O)N1CCc2c(sc(NC(=O)C3CC3C(=O)O)c2C#N)C1. The maximum Gasteiger partial charge on any atom is 0.410 e. The van der Waals surface area contributed by atoms with Crippen LogP contribution in [-0.4, -0.2) is 40.1 Å². The first-order valence-corrected chi connectivity index (χ1v) is 9.48. The molecule has 1 aliphatic heterocycles. The summed E-state index contributed by atoms with van der Waals surface area (Å²) in [4.78, 5) is 37.9. The summed E-state index contributed by atoms with van der Waals surface area (Å²) in [7, 11) is 0. The number of thiophene rings is 1. The molecule has 1 aromatic rings. The molecule has 9 heteroatoms. The number of rotatable bonds is 3. The summed E-state index contributed by atoms with van der Waals surface area (Å²) in [6.45, 7) is 6.16. The van der Waals surface area contributed by atoms with Gasteiger partial charge in [-0.3, -0.25) is 9.59 Å². The van der Waals surface area contributed by atoms with Crippen molar-refractivity contribution < 1.29 is 24.2 Å². The van der Waals surface area contributed by atoms with Crippen molar-refractivity contribution in [1.82, 2.24) is 4.90 Å². The van der Waals surface area contributed by atoms with Gasteiger partial charge in [0.2, 0.25) is 5.91 Å². The minimum atomic E-state index is -0.978. The van der Waals surface area contributed by atoms with Crippen molar-refractivity contribution in [3.8, 4) is 6.07 Å². The number of carbonyl (C=O) groups excluding carboxylic acids is 2. The van der Waals surface area contributed by atoms with Crippen LogP contribution in [0.1, 0.15) is 43.2 Å². The lowest BCUT2D eigenvalue weighted by molar-refractivity contribution is -0.139. The van der Waals surface area contributed by atoms with Crippen molar-refractivity contribution in [2.75, 3.05) is 11.9 Å². The normalized spacial score (nSPS) is 21.0. The van der Waals surface area contributed by atoms with E-state index in [1.807, 2.05) is 0 Å². The summed E-state index contributed by atoms with van der Waals surface area (Å²) in [5.74, 6) is -2.55. The molecule has 2 heterocycles. The fourth-order valence-electron chi connectivity index (χ4n) is 3.05. The lowest BCUT2D eigenvalue weighted by atomic mass is 10.0. The van der Waals surface area contributed by atoms with Gasteiger partial charge >= 0.3 is 12.1 Å². The molecule has 1 aliphatic carbocycles. The topological polar surface area (TPSA) is 120 Å². The Morgan fingerprint density at radius 1 is 1.33 bits per heavy atom. The van der Waals surface area contributed by atoms with E-state index < -0.39 is 29.5 Å². The second-order valence-corrected chi connectivity index (χ2v) is 8.85. The van der Waals surface area contributed by atoms with Gasteiger partial charge in [0.1, 0.15) is 16.7 Å². The zero-order valence-electron chi connectivity index (χ0n) is 15.4. The number of hydrogen-bond donors (Lipinski definition) is 2. The van der Waals surface area contributed by atoms with Gasteiger partial charge in [-0.1, -0.05) is 0 Å². The molecule has 0 radical (unpaired) electrons. The second kappa shape index (κ2) is 6.85. The van der Waals surface area contributed by atoms with E-state index in [1.54, 1.807) is 25.7 Å². The molecule has 1 aromatic heterocycles. The third-order valence-electron chi connectivity index (χ3n) is 4.50. The summed E-state index contributed by atoms with van der Waals surface area (Å²) in [6.07, 6.45) is 0.416. The van der Waals surface area contributed by atoms with Crippen LogP contribution < -0.4 is 5.32 Å². The Morgan fingerprint density at radius 2 is 2.04 bits per heavy atom. The molecule has 2 N–H and O–H groups in total. The molecule has 144 valence electrons. The first kappa shape index (κ1) is 19.2. The smallest absolute Gasteiger partial charge is 0.410 e. The monoisotopic (exact) mass is 391 g/mol. The molecule has 0 spiro atoms. The summed E-state index contributed by atoms with van der Waals surface area (Å²) < 4.78 is 5.40. The Labute approximate surface area is 160 Å². The molecule has 1 fully saturated rings. The van der Waals surface area contributed by atoms with E-state index in [2.05, 4.69) is 11.4 Å². The molecule has 0 saturated heterocycles. The van der Waals surface area contributed by atoms with Gasteiger partial charge in [-0.2, -0.15) is 5.26 Å². The molecule has 27 heavy (non-hydrogen) atoms. The van der Waals surface area contributed by atoms with Crippen LogP contribution in [0.25, 0.3) is 0 Å². The van der Waals surface area contributed by atoms with Crippen LogP contribution in [-0.2, 0) is 27.3 Å². The standard InChI is InChI=1S/C18H21N3O5S/c1-18(2,3)26-17(25)21-5-4-9-12(7-19)15(27-13(9)8-21)20-14(22)10-6-11(10)16(23)24/h10-11H,4-6,8H2,1-3H3,(H,20,22)(H,23,24). The average Bonchev–Trinajstić information content (AvgIpc) is 3.29. The fourth-order valence-corrected chi connectivity index (χ4v) is 4.27. The average molecular weight is 391 g/mol. The number of nitriles is 1. The number of nitrogens with zero attached hydrogens (tertiary/aromatic N) is 2. The largest absolute Gasteiger partial charge is 0.481 e. The fraction of sp³-hybridized carbons (Fsp3) is 0.556. The van der Waals surface area contributed by atoms with Gasteiger partial charge in [0.25, 0.3) is 0 Å². The number of carbonyl (C=O) groups is 3. The Hall–Kier alpha value is -2.60. The predicted octanol–water partition coefficient (Wildman–Crippen LogP) is 2.57. The van der Waals surface area contributed by atoms with Crippen LogP contribution >= 0.6 is 11.3 Å². The van der Waals surface area contributed by atoms with E-state index in [-0.39, 0.29) is 5.91 Å². The second-order valence-electron chi connectivity index (χ2n) is 7.75. The number of hydrogen-bond acceptors (Lipinski definition) is 6. The summed E-state index contributed by atoms with van der Waals surface area (Å²) in [6, 6.07) is 2.13. The van der Waals surface area contributed by atoms with Crippen molar-refractivity contribution in [1.29, 1.82) is 5.26 Å². The number of fused-ring (bicyclic) bond motifs is 1. The number of ether oxygens (including phenoxy) is 1. The molecule has 2 unspecified atom stereocenters. The molecule has 2 aliphatic rings. The van der Waals surface area contributed by atoms with Gasteiger partial charge < -0.3 is 20.1 Å². The Balaban J connectivity index is 1.73. The minimum Gasteiger partial charge on any atom is -0.481 e. The summed E-state index contributed by atoms with van der Waals surface area (Å²) >= 11 is 1.26. The third-order valence-corrected chi connectivity index (χ3v) is 5.63. The summed E-state index contributed by atoms with van der Waals surface area (Å²) in [5.41, 5.74) is 0.650. The van der Waals surface area contributed by atoms with Crippen molar-refractivity contribution in [2.45, 2.75) is 45.8 Å². The van der Waals surface area contributed by atoms with Crippen molar-refractivity contribution >= 4 is 34.3 Å². The molecule has 2 amide bonds. The lowest BCUT2D eigenvalue weighted by Gasteiger charge is -2.29. The maximum atomic E-state index is 12.3. The number of aliphatic carboxylic acids is 1. The highest BCUT2D eigenvalue weighted by atomic mass is 32.1. The van der Waals surface area contributed by atoms with Crippen molar-refractivity contribution in [3.63, 3.8) is 0 Å². The Bertz CT molecular complexity index is 848. The van der Waals surface area contributed by atoms with Crippen LogP contribution in [0.5, 0.6) is 0 Å². The van der Waals surface area contributed by atoms with Crippen LogP contribution in [0.3, 0.4) is 0 Å². The van der Waals surface area contributed by atoms with E-state index in [9.17, 15) is 19.6 Å². The highest BCUT2D eigenvalue weighted by Gasteiger charge is 2.48. The van der Waals surface area contributed by atoms with Crippen LogP contribution in [0.15, 0.2) is 0 Å². The first-order chi connectivity index (χ1) is 12.6. The zero-order valence-corrected chi connectivity index (χ0v) is 16.2. The maximum absolute atomic E-state index is 12.3. The van der Waals surface area contributed by atoms with Crippen LogP contribution in [0.2, 0.25) is 0 Å². The van der Waals surface area contributed by atoms with Gasteiger partial charge in [0, 0.05) is 11.4 Å². The lowest BCUT2D eigenvalue weighted by Crippen LogP contribution is -2.39. The number of anilines is 1. The van der Waals surface area contributed by atoms with Gasteiger partial charge in [-0.15, -0.1) is 11.3 Å². The van der Waals surface area contributed by atoms with E-state index in [4.69, 9.17) is 9.84 Å². The minimum absolute atomic E-state index is 0.320. The molecule has 2 atom stereocenters. The first-order valence-electron chi connectivity index (χ1n) is 8.67. The van der Waals surface area contributed by atoms with E-state index in [0.29, 0.717) is 36.5 Å². The molecule has 0 bridgehead atoms. The number of carboxylic acids is 1. The number of amides is 2. The molecular formula is C18H21N3O5S. The predicted molar refractivity (Wildman–Crippen MR) is 97.2 cm³/mol. The molecular weight excluding hydrogens is 370 g/mol. The zero-order chi connectivity index (χ0) is 19.9. The molecule has 1 saturated carbocycles. The van der Waals surface area contributed by atoms with Gasteiger partial charge in [-0.25, -0.2) is 4.79 Å². The van der Waals surface area contributed by atoms with E-state index >= 15 is 0 Å². The molecule has 3 rings (SSSR count). The van der Waals surface area contributed by atoms with Crippen molar-refractivity contribution in [2.24, 2.45) is 11.8 Å². The van der Waals surface area contributed by atoms with Crippen LogP contribution in [0.4, 0.5) is 9.80 Å². The molecule has 0 aromatic carbocycles. The number of carboxylic acid groups (broad SMARTS) is 1. The van der Waals surface area contributed by atoms with Crippen LogP contribution in [0, 0.1) is 23.2 Å². The van der Waals surface area contributed by atoms with Gasteiger partial charge in [0.05, 0.1) is 23.9 Å². The van der Waals surface area contributed by atoms with E-state index in [1.165, 1.54) is 11.3 Å². The highest BCUT2D eigenvalue weighted by Crippen LogP contribution is 2.42. The quantitative estimate of drug-likeness (QED) is 0.817.